The van der Waals surface area contributed by atoms with Gasteiger partial charge in [0.05, 0.1) is 16.8 Å². The van der Waals surface area contributed by atoms with Crippen LogP contribution < -0.4 is 16.6 Å². The summed E-state index contributed by atoms with van der Waals surface area (Å²) >= 11 is 0. The highest BCUT2D eigenvalue weighted by Crippen LogP contribution is 2.16. The van der Waals surface area contributed by atoms with E-state index in [2.05, 4.69) is 15.3 Å². The molecule has 0 saturated carbocycles. The molecule has 1 aromatic heterocycles. The molecule has 0 radical (unpaired) electrons. The van der Waals surface area contributed by atoms with Crippen molar-refractivity contribution in [3.8, 4) is 0 Å². The average molecular weight is 343 g/mol. The Morgan fingerprint density at radius 1 is 1.36 bits per heavy atom. The number of nitrogens with one attached hydrogen (secondary N) is 2. The maximum absolute atomic E-state index is 12.3. The monoisotopic (exact) mass is 343 g/mol. The van der Waals surface area contributed by atoms with Crippen LogP contribution in [-0.4, -0.2) is 46.4 Å². The van der Waals surface area contributed by atoms with E-state index in [0.29, 0.717) is 42.8 Å². The van der Waals surface area contributed by atoms with Gasteiger partial charge in [-0.25, -0.2) is 9.78 Å². The zero-order valence-corrected chi connectivity index (χ0v) is 13.8. The maximum atomic E-state index is 12.3. The predicted octanol–water partition coefficient (Wildman–Crippen LogP) is 0.372. The Hall–Kier alpha value is -2.90. The van der Waals surface area contributed by atoms with Gasteiger partial charge in [0.1, 0.15) is 5.82 Å². The first kappa shape index (κ1) is 16.9. The maximum Gasteiger partial charge on any atom is 0.314 e. The average Bonchev–Trinajstić information content (AvgIpc) is 2.62. The molecule has 1 fully saturated rings. The van der Waals surface area contributed by atoms with Gasteiger partial charge < -0.3 is 20.9 Å². The number of hydrogen-bond acceptors (Lipinski definition) is 4. The van der Waals surface area contributed by atoms with Gasteiger partial charge in [-0.2, -0.15) is 0 Å². The van der Waals surface area contributed by atoms with E-state index in [1.807, 2.05) is 6.07 Å². The zero-order chi connectivity index (χ0) is 17.8. The van der Waals surface area contributed by atoms with Gasteiger partial charge in [-0.15, -0.1) is 0 Å². The lowest BCUT2D eigenvalue weighted by molar-refractivity contribution is -0.126. The highest BCUT2D eigenvalue weighted by atomic mass is 16.2. The Kier molecular flexibility index (Phi) is 4.97. The second kappa shape index (κ2) is 7.33. The molecule has 2 aromatic rings. The third kappa shape index (κ3) is 3.96. The SMILES string of the molecule is NC(=O)N1CCC[C@H](C(=O)NCCc2nc3ccccc3c(=O)[nH]2)C1. The van der Waals surface area contributed by atoms with Crippen LogP contribution in [0.25, 0.3) is 10.9 Å². The molecular formula is C17H21N5O3. The van der Waals surface area contributed by atoms with Crippen molar-refractivity contribution in [3.05, 3.63) is 40.4 Å². The van der Waals surface area contributed by atoms with Crippen LogP contribution in [0.4, 0.5) is 4.79 Å². The molecule has 3 amide bonds. The minimum Gasteiger partial charge on any atom is -0.355 e. The highest BCUT2D eigenvalue weighted by Gasteiger charge is 2.27. The van der Waals surface area contributed by atoms with E-state index < -0.39 is 6.03 Å². The summed E-state index contributed by atoms with van der Waals surface area (Å²) in [7, 11) is 0. The number of primary amides is 1. The Balaban J connectivity index is 1.57. The second-order valence-corrected chi connectivity index (χ2v) is 6.19. The van der Waals surface area contributed by atoms with Crippen molar-refractivity contribution in [2.24, 2.45) is 11.7 Å². The standard InChI is InChI=1S/C17H21N5O3/c18-17(25)22-9-3-4-11(10-22)15(23)19-8-7-14-20-13-6-2-1-5-12(13)16(24)21-14/h1-2,5-6,11H,3-4,7-10H2,(H2,18,25)(H,19,23)(H,20,21,24)/t11-/m0/s1. The summed E-state index contributed by atoms with van der Waals surface area (Å²) in [5.41, 5.74) is 5.73. The summed E-state index contributed by atoms with van der Waals surface area (Å²) in [6, 6.07) is 6.63. The summed E-state index contributed by atoms with van der Waals surface area (Å²) in [4.78, 5) is 44.1. The molecule has 25 heavy (non-hydrogen) atoms. The highest BCUT2D eigenvalue weighted by molar-refractivity contribution is 5.80. The number of amides is 3. The van der Waals surface area contributed by atoms with E-state index in [4.69, 9.17) is 5.73 Å². The molecule has 8 nitrogen and oxygen atoms in total. The van der Waals surface area contributed by atoms with Gasteiger partial charge in [-0.05, 0) is 25.0 Å². The third-order valence-corrected chi connectivity index (χ3v) is 4.43. The van der Waals surface area contributed by atoms with Crippen molar-refractivity contribution >= 4 is 22.8 Å². The fraction of sp³-hybridized carbons (Fsp3) is 0.412. The van der Waals surface area contributed by atoms with E-state index in [9.17, 15) is 14.4 Å². The molecule has 0 spiro atoms. The van der Waals surface area contributed by atoms with Crippen molar-refractivity contribution in [1.29, 1.82) is 0 Å². The normalized spacial score (nSPS) is 17.4. The number of fused-ring (bicyclic) bond motifs is 1. The number of nitrogens with zero attached hydrogens (tertiary/aromatic N) is 2. The molecule has 0 unspecified atom stereocenters. The molecule has 1 aliphatic heterocycles. The smallest absolute Gasteiger partial charge is 0.314 e. The Morgan fingerprint density at radius 2 is 2.16 bits per heavy atom. The number of carbonyl (C=O) groups is 2. The first-order valence-electron chi connectivity index (χ1n) is 8.34. The molecule has 0 bridgehead atoms. The Morgan fingerprint density at radius 3 is 2.96 bits per heavy atom. The number of aromatic amines is 1. The molecular weight excluding hydrogens is 322 g/mol. The number of piperidine rings is 1. The number of carbonyl (C=O) groups excluding carboxylic acids is 2. The Labute approximate surface area is 144 Å². The van der Waals surface area contributed by atoms with Gasteiger partial charge >= 0.3 is 6.03 Å². The minimum absolute atomic E-state index is 0.103. The van der Waals surface area contributed by atoms with Crippen LogP contribution in [-0.2, 0) is 11.2 Å². The minimum atomic E-state index is -0.490. The van der Waals surface area contributed by atoms with Gasteiger partial charge in [-0.1, -0.05) is 12.1 Å². The van der Waals surface area contributed by atoms with E-state index in [0.717, 1.165) is 12.8 Å². The molecule has 1 saturated heterocycles. The van der Waals surface area contributed by atoms with Crippen molar-refractivity contribution in [2.45, 2.75) is 19.3 Å². The number of hydrogen-bond donors (Lipinski definition) is 3. The molecule has 2 heterocycles. The van der Waals surface area contributed by atoms with Crippen molar-refractivity contribution in [1.82, 2.24) is 20.2 Å². The summed E-state index contributed by atoms with van der Waals surface area (Å²) < 4.78 is 0. The lowest BCUT2D eigenvalue weighted by atomic mass is 9.97. The third-order valence-electron chi connectivity index (χ3n) is 4.43. The number of para-hydroxylation sites is 1. The molecule has 0 aliphatic carbocycles. The van der Waals surface area contributed by atoms with Crippen LogP contribution in [0.5, 0.6) is 0 Å². The van der Waals surface area contributed by atoms with Gasteiger partial charge in [0.2, 0.25) is 5.91 Å². The Bertz CT molecular complexity index is 848. The van der Waals surface area contributed by atoms with Crippen molar-refractivity contribution in [2.75, 3.05) is 19.6 Å². The number of H-pyrrole nitrogens is 1. The zero-order valence-electron chi connectivity index (χ0n) is 13.8. The molecule has 4 N–H and O–H groups in total. The van der Waals surface area contributed by atoms with E-state index >= 15 is 0 Å². The topological polar surface area (TPSA) is 121 Å². The number of nitrogens with two attached hydrogens (primary N) is 1. The van der Waals surface area contributed by atoms with E-state index in [1.165, 1.54) is 4.90 Å². The summed E-state index contributed by atoms with van der Waals surface area (Å²) in [5.74, 6) is 0.186. The number of aromatic nitrogens is 2. The summed E-state index contributed by atoms with van der Waals surface area (Å²) in [6.07, 6.45) is 1.93. The molecule has 1 aromatic carbocycles. The van der Waals surface area contributed by atoms with Gasteiger partial charge in [0, 0.05) is 26.1 Å². The van der Waals surface area contributed by atoms with Crippen LogP contribution in [0.15, 0.2) is 29.1 Å². The molecule has 1 aliphatic rings. The summed E-state index contributed by atoms with van der Waals surface area (Å²) in [6.45, 7) is 1.32. The molecule has 3 rings (SSSR count). The number of benzene rings is 1. The van der Waals surface area contributed by atoms with Crippen molar-refractivity contribution in [3.63, 3.8) is 0 Å². The number of rotatable bonds is 4. The quantitative estimate of drug-likeness (QED) is 0.742. The lowest BCUT2D eigenvalue weighted by Gasteiger charge is -2.30. The van der Waals surface area contributed by atoms with Crippen LogP contribution in [0, 0.1) is 5.92 Å². The van der Waals surface area contributed by atoms with E-state index in [1.54, 1.807) is 18.2 Å². The van der Waals surface area contributed by atoms with Gasteiger partial charge in [0.25, 0.3) is 5.56 Å². The van der Waals surface area contributed by atoms with Crippen molar-refractivity contribution < 1.29 is 9.59 Å². The van der Waals surface area contributed by atoms with Crippen LogP contribution in [0.1, 0.15) is 18.7 Å². The molecule has 8 heteroatoms. The predicted molar refractivity (Wildman–Crippen MR) is 93.0 cm³/mol. The fourth-order valence-corrected chi connectivity index (χ4v) is 3.09. The first-order chi connectivity index (χ1) is 12.0. The lowest BCUT2D eigenvalue weighted by Crippen LogP contribution is -2.47. The van der Waals surface area contributed by atoms with Crippen LogP contribution in [0.2, 0.25) is 0 Å². The first-order valence-corrected chi connectivity index (χ1v) is 8.34. The molecule has 1 atom stereocenters. The second-order valence-electron chi connectivity index (χ2n) is 6.19. The largest absolute Gasteiger partial charge is 0.355 e. The van der Waals surface area contributed by atoms with E-state index in [-0.39, 0.29) is 17.4 Å². The summed E-state index contributed by atoms with van der Waals surface area (Å²) in [5, 5.41) is 3.39. The van der Waals surface area contributed by atoms with Gasteiger partial charge in [-0.3, -0.25) is 9.59 Å². The molecule has 132 valence electrons. The fourth-order valence-electron chi connectivity index (χ4n) is 3.09. The number of likely N-dealkylation sites (tertiary alicyclic amines) is 1. The number of urea groups is 1. The van der Waals surface area contributed by atoms with Crippen LogP contribution in [0.3, 0.4) is 0 Å². The van der Waals surface area contributed by atoms with Crippen LogP contribution >= 0.6 is 0 Å². The van der Waals surface area contributed by atoms with Gasteiger partial charge in [0.15, 0.2) is 0 Å².